The highest BCUT2D eigenvalue weighted by atomic mass is 35.5. The molecule has 2 nitrogen and oxygen atoms in total. The number of benzene rings is 2. The molecule has 0 saturated carbocycles. The molecule has 0 aliphatic heterocycles. The molecule has 1 atom stereocenters. The van der Waals surface area contributed by atoms with Crippen LogP contribution in [-0.2, 0) is 0 Å². The van der Waals surface area contributed by atoms with Crippen molar-refractivity contribution in [3.63, 3.8) is 0 Å². The molecule has 1 unspecified atom stereocenters. The van der Waals surface area contributed by atoms with Crippen LogP contribution in [0.1, 0.15) is 15.9 Å². The second-order valence-corrected chi connectivity index (χ2v) is 5.53. The number of nitrogens with zero attached hydrogens (tertiary/aromatic N) is 2. The lowest BCUT2D eigenvalue weighted by Gasteiger charge is -2.04. The van der Waals surface area contributed by atoms with E-state index in [1.165, 1.54) is 11.3 Å². The van der Waals surface area contributed by atoms with Crippen LogP contribution < -0.4 is 0 Å². The first kappa shape index (κ1) is 12.3. The lowest BCUT2D eigenvalue weighted by molar-refractivity contribution is 0.988. The zero-order valence-electron chi connectivity index (χ0n) is 10.0. The Morgan fingerprint density at radius 3 is 2.16 bits per heavy atom. The van der Waals surface area contributed by atoms with E-state index in [1.54, 1.807) is 0 Å². The van der Waals surface area contributed by atoms with Gasteiger partial charge in [-0.15, -0.1) is 21.8 Å². The van der Waals surface area contributed by atoms with Gasteiger partial charge in [0.05, 0.1) is 0 Å². The van der Waals surface area contributed by atoms with Crippen LogP contribution in [-0.4, -0.2) is 10.2 Å². The monoisotopic (exact) mass is 286 g/mol. The predicted molar refractivity (Wildman–Crippen MR) is 79.5 cm³/mol. The number of aromatic nitrogens is 2. The number of hydrogen-bond donors (Lipinski definition) is 0. The highest BCUT2D eigenvalue weighted by Gasteiger charge is 2.16. The molecule has 1 heterocycles. The summed E-state index contributed by atoms with van der Waals surface area (Å²) in [6.07, 6.45) is 0. The summed E-state index contributed by atoms with van der Waals surface area (Å²) in [6, 6.07) is 19.9. The zero-order valence-corrected chi connectivity index (χ0v) is 11.6. The molecule has 19 heavy (non-hydrogen) atoms. The van der Waals surface area contributed by atoms with E-state index >= 15 is 0 Å². The van der Waals surface area contributed by atoms with Crippen LogP contribution in [0.25, 0.3) is 10.6 Å². The minimum atomic E-state index is -0.240. The van der Waals surface area contributed by atoms with Crippen LogP contribution >= 0.6 is 22.9 Å². The van der Waals surface area contributed by atoms with Gasteiger partial charge in [0, 0.05) is 5.56 Å². The highest BCUT2D eigenvalue weighted by Crippen LogP contribution is 2.33. The van der Waals surface area contributed by atoms with Gasteiger partial charge in [0.25, 0.3) is 0 Å². The minimum Gasteiger partial charge on any atom is -0.141 e. The van der Waals surface area contributed by atoms with Crippen molar-refractivity contribution in [2.45, 2.75) is 5.38 Å². The standard InChI is InChI=1S/C15H11ClN2S/c16-13(11-7-3-1-4-8-11)15-18-17-14(19-15)12-9-5-2-6-10-12/h1-10,13H. The summed E-state index contributed by atoms with van der Waals surface area (Å²) in [5, 5.41) is 9.91. The molecule has 0 radical (unpaired) electrons. The van der Waals surface area contributed by atoms with E-state index in [9.17, 15) is 0 Å². The number of halogens is 1. The normalized spacial score (nSPS) is 12.3. The van der Waals surface area contributed by atoms with E-state index in [1.807, 2.05) is 60.7 Å². The van der Waals surface area contributed by atoms with Gasteiger partial charge in [-0.05, 0) is 5.56 Å². The number of alkyl halides is 1. The molecular weight excluding hydrogens is 276 g/mol. The fourth-order valence-electron chi connectivity index (χ4n) is 1.80. The molecule has 0 saturated heterocycles. The maximum Gasteiger partial charge on any atom is 0.147 e. The lowest BCUT2D eigenvalue weighted by atomic mass is 10.1. The first-order valence-electron chi connectivity index (χ1n) is 5.92. The van der Waals surface area contributed by atoms with Gasteiger partial charge in [0.15, 0.2) is 0 Å². The van der Waals surface area contributed by atoms with Crippen LogP contribution in [0.4, 0.5) is 0 Å². The number of rotatable bonds is 3. The molecule has 0 amide bonds. The fourth-order valence-corrected chi connectivity index (χ4v) is 2.98. The average Bonchev–Trinajstić information content (AvgIpc) is 2.98. The fraction of sp³-hybridized carbons (Fsp3) is 0.0667. The molecule has 0 aliphatic rings. The van der Waals surface area contributed by atoms with Crippen LogP contribution in [0.5, 0.6) is 0 Å². The molecule has 94 valence electrons. The molecule has 2 aromatic carbocycles. The molecule has 0 N–H and O–H groups in total. The van der Waals surface area contributed by atoms with E-state index < -0.39 is 0 Å². The van der Waals surface area contributed by atoms with Crippen molar-refractivity contribution in [2.75, 3.05) is 0 Å². The van der Waals surface area contributed by atoms with Gasteiger partial charge in [-0.3, -0.25) is 0 Å². The van der Waals surface area contributed by atoms with Gasteiger partial charge in [-0.25, -0.2) is 0 Å². The molecule has 3 rings (SSSR count). The van der Waals surface area contributed by atoms with Gasteiger partial charge in [0.1, 0.15) is 15.4 Å². The predicted octanol–water partition coefficient (Wildman–Crippen LogP) is 4.53. The van der Waals surface area contributed by atoms with Crippen molar-refractivity contribution in [1.82, 2.24) is 10.2 Å². The Balaban J connectivity index is 1.90. The van der Waals surface area contributed by atoms with Crippen molar-refractivity contribution in [3.8, 4) is 10.6 Å². The van der Waals surface area contributed by atoms with Gasteiger partial charge in [-0.1, -0.05) is 72.0 Å². The third-order valence-corrected chi connectivity index (χ3v) is 4.40. The lowest BCUT2D eigenvalue weighted by Crippen LogP contribution is -1.91. The van der Waals surface area contributed by atoms with Gasteiger partial charge in [-0.2, -0.15) is 0 Å². The maximum absolute atomic E-state index is 6.44. The topological polar surface area (TPSA) is 25.8 Å². The zero-order chi connectivity index (χ0) is 13.1. The average molecular weight is 287 g/mol. The van der Waals surface area contributed by atoms with E-state index in [0.717, 1.165) is 21.1 Å². The van der Waals surface area contributed by atoms with Crippen molar-refractivity contribution < 1.29 is 0 Å². The Kier molecular flexibility index (Phi) is 3.58. The Labute approximate surface area is 120 Å². The molecule has 1 aromatic heterocycles. The second-order valence-electron chi connectivity index (χ2n) is 4.08. The molecular formula is C15H11ClN2S. The first-order chi connectivity index (χ1) is 9.34. The van der Waals surface area contributed by atoms with E-state index in [0.29, 0.717) is 0 Å². The quantitative estimate of drug-likeness (QED) is 0.661. The summed E-state index contributed by atoms with van der Waals surface area (Å²) in [7, 11) is 0. The Hall–Kier alpha value is -1.71. The molecule has 3 aromatic rings. The SMILES string of the molecule is ClC(c1ccccc1)c1nnc(-c2ccccc2)s1. The van der Waals surface area contributed by atoms with Crippen LogP contribution in [0.15, 0.2) is 60.7 Å². The largest absolute Gasteiger partial charge is 0.147 e. The van der Waals surface area contributed by atoms with Crippen LogP contribution in [0, 0.1) is 0 Å². The Bertz CT molecular complexity index is 652. The van der Waals surface area contributed by atoms with Crippen LogP contribution in [0.2, 0.25) is 0 Å². The summed E-state index contributed by atoms with van der Waals surface area (Å²) in [6.45, 7) is 0. The van der Waals surface area contributed by atoms with Crippen molar-refractivity contribution in [1.29, 1.82) is 0 Å². The number of hydrogen-bond acceptors (Lipinski definition) is 3. The van der Waals surface area contributed by atoms with E-state index in [2.05, 4.69) is 10.2 Å². The van der Waals surface area contributed by atoms with Crippen LogP contribution in [0.3, 0.4) is 0 Å². The van der Waals surface area contributed by atoms with E-state index in [-0.39, 0.29) is 5.38 Å². The smallest absolute Gasteiger partial charge is 0.141 e. The summed E-state index contributed by atoms with van der Waals surface area (Å²) < 4.78 is 0. The summed E-state index contributed by atoms with van der Waals surface area (Å²) in [4.78, 5) is 0. The van der Waals surface area contributed by atoms with Crippen molar-refractivity contribution >= 4 is 22.9 Å². The van der Waals surface area contributed by atoms with Crippen molar-refractivity contribution in [3.05, 3.63) is 71.2 Å². The first-order valence-corrected chi connectivity index (χ1v) is 7.18. The molecule has 0 fully saturated rings. The minimum absolute atomic E-state index is 0.240. The van der Waals surface area contributed by atoms with E-state index in [4.69, 9.17) is 11.6 Å². The Morgan fingerprint density at radius 2 is 1.47 bits per heavy atom. The third kappa shape index (κ3) is 2.67. The second kappa shape index (κ2) is 5.51. The maximum atomic E-state index is 6.44. The summed E-state index contributed by atoms with van der Waals surface area (Å²) in [5.74, 6) is 0. The Morgan fingerprint density at radius 1 is 0.842 bits per heavy atom. The van der Waals surface area contributed by atoms with Gasteiger partial charge < -0.3 is 0 Å². The molecule has 0 aliphatic carbocycles. The van der Waals surface area contributed by atoms with Gasteiger partial charge >= 0.3 is 0 Å². The third-order valence-electron chi connectivity index (χ3n) is 2.77. The molecule has 0 spiro atoms. The van der Waals surface area contributed by atoms with Gasteiger partial charge in [0.2, 0.25) is 0 Å². The highest BCUT2D eigenvalue weighted by molar-refractivity contribution is 7.15. The molecule has 4 heteroatoms. The summed E-state index contributed by atoms with van der Waals surface area (Å²) in [5.41, 5.74) is 2.11. The van der Waals surface area contributed by atoms with Crippen molar-refractivity contribution in [2.24, 2.45) is 0 Å². The summed E-state index contributed by atoms with van der Waals surface area (Å²) >= 11 is 7.98. The molecule has 0 bridgehead atoms.